The third-order valence-electron chi connectivity index (χ3n) is 5.43. The summed E-state index contributed by atoms with van der Waals surface area (Å²) in [5.74, 6) is 0.459. The van der Waals surface area contributed by atoms with Gasteiger partial charge in [-0.15, -0.1) is 5.10 Å². The van der Waals surface area contributed by atoms with Gasteiger partial charge in [-0.3, -0.25) is 4.79 Å². The first-order valence-corrected chi connectivity index (χ1v) is 12.2. The Morgan fingerprint density at radius 3 is 2.37 bits per heavy atom. The molecule has 3 heterocycles. The van der Waals surface area contributed by atoms with E-state index in [1.807, 2.05) is 79.0 Å². The van der Waals surface area contributed by atoms with Crippen LogP contribution in [0.5, 0.6) is 0 Å². The van der Waals surface area contributed by atoms with Gasteiger partial charge in [-0.1, -0.05) is 77.0 Å². The highest BCUT2D eigenvalue weighted by atomic mass is 35.5. The maximum Gasteiger partial charge on any atom is 0.291 e. The number of nitrogens with zero attached hydrogens (tertiary/aromatic N) is 5. The fraction of sp³-hybridized carbons (Fsp3) is 0. The number of rotatable bonds is 4. The first-order valence-electron chi connectivity index (χ1n) is 10.6. The van der Waals surface area contributed by atoms with Crippen molar-refractivity contribution in [2.75, 3.05) is 0 Å². The number of aromatic nitrogens is 5. The molecular formula is C26H15Cl2N5OS. The fourth-order valence-corrected chi connectivity index (χ4v) is 4.98. The molecule has 0 saturated carbocycles. The third kappa shape index (κ3) is 4.14. The van der Waals surface area contributed by atoms with E-state index in [4.69, 9.17) is 28.3 Å². The first-order chi connectivity index (χ1) is 17.0. The minimum atomic E-state index is -0.236. The van der Waals surface area contributed by atoms with Crippen LogP contribution in [0, 0.1) is 0 Å². The van der Waals surface area contributed by atoms with Crippen molar-refractivity contribution in [2.24, 2.45) is 0 Å². The molecule has 0 amide bonds. The Kier molecular flexibility index (Phi) is 5.45. The molecule has 170 valence electrons. The predicted octanol–water partition coefficient (Wildman–Crippen LogP) is 5.53. The molecule has 0 fully saturated rings. The zero-order chi connectivity index (χ0) is 23.9. The van der Waals surface area contributed by atoms with Crippen LogP contribution in [-0.4, -0.2) is 24.4 Å². The molecule has 0 aliphatic rings. The summed E-state index contributed by atoms with van der Waals surface area (Å²) in [6, 6.07) is 24.5. The zero-order valence-electron chi connectivity index (χ0n) is 18.0. The molecule has 0 aliphatic heterocycles. The summed E-state index contributed by atoms with van der Waals surface area (Å²) in [7, 11) is 0. The van der Waals surface area contributed by atoms with Crippen LogP contribution in [0.15, 0.2) is 89.9 Å². The highest BCUT2D eigenvalue weighted by molar-refractivity contribution is 7.15. The third-order valence-corrected chi connectivity index (χ3v) is 6.88. The van der Waals surface area contributed by atoms with E-state index in [0.29, 0.717) is 25.4 Å². The Morgan fingerprint density at radius 1 is 0.829 bits per heavy atom. The molecule has 6 aromatic rings. The van der Waals surface area contributed by atoms with Gasteiger partial charge in [0.2, 0.25) is 4.96 Å². The van der Waals surface area contributed by atoms with E-state index in [1.54, 1.807) is 16.8 Å². The maximum absolute atomic E-state index is 13.2. The Morgan fingerprint density at radius 2 is 1.63 bits per heavy atom. The summed E-state index contributed by atoms with van der Waals surface area (Å²) in [6.45, 7) is 0. The molecule has 6 rings (SSSR count). The molecule has 0 unspecified atom stereocenters. The van der Waals surface area contributed by atoms with Gasteiger partial charge in [0.15, 0.2) is 5.82 Å². The summed E-state index contributed by atoms with van der Waals surface area (Å²) < 4.78 is 3.64. The number of halogens is 2. The van der Waals surface area contributed by atoms with Gasteiger partial charge in [0, 0.05) is 32.9 Å². The van der Waals surface area contributed by atoms with Gasteiger partial charge in [-0.05, 0) is 42.5 Å². The molecule has 0 aliphatic carbocycles. The van der Waals surface area contributed by atoms with Gasteiger partial charge in [0.05, 0.1) is 10.2 Å². The second-order valence-electron chi connectivity index (χ2n) is 7.78. The molecule has 0 N–H and O–H groups in total. The maximum atomic E-state index is 13.2. The van der Waals surface area contributed by atoms with Crippen LogP contribution in [0.1, 0.15) is 5.56 Å². The summed E-state index contributed by atoms with van der Waals surface area (Å²) in [5, 5.41) is 10.5. The van der Waals surface area contributed by atoms with Crippen molar-refractivity contribution in [1.82, 2.24) is 24.4 Å². The second-order valence-corrected chi connectivity index (χ2v) is 9.66. The lowest BCUT2D eigenvalue weighted by atomic mass is 10.1. The van der Waals surface area contributed by atoms with Crippen molar-refractivity contribution in [3.05, 3.63) is 116 Å². The lowest BCUT2D eigenvalue weighted by molar-refractivity contribution is 0.884. The quantitative estimate of drug-likeness (QED) is 0.309. The van der Waals surface area contributed by atoms with Crippen LogP contribution in [0.2, 0.25) is 10.0 Å². The SMILES string of the molecule is O=c1/c(=C/c2cn(-c3ccccc3)nc2-c2ccc(Cl)cc2)sc2nc(-c3cccc(Cl)c3)nn12. The molecule has 3 aromatic heterocycles. The fourth-order valence-electron chi connectivity index (χ4n) is 3.76. The molecule has 0 saturated heterocycles. The Balaban J connectivity index is 1.49. The minimum Gasteiger partial charge on any atom is -0.266 e. The molecule has 35 heavy (non-hydrogen) atoms. The van der Waals surface area contributed by atoms with Gasteiger partial charge >= 0.3 is 0 Å². The number of hydrogen-bond donors (Lipinski definition) is 0. The van der Waals surface area contributed by atoms with Crippen LogP contribution < -0.4 is 10.1 Å². The van der Waals surface area contributed by atoms with E-state index in [1.165, 1.54) is 15.9 Å². The number of fused-ring (bicyclic) bond motifs is 1. The molecule has 9 heteroatoms. The molecule has 0 radical (unpaired) electrons. The smallest absolute Gasteiger partial charge is 0.266 e. The molecule has 6 nitrogen and oxygen atoms in total. The lowest BCUT2D eigenvalue weighted by Crippen LogP contribution is -2.23. The molecule has 0 bridgehead atoms. The Labute approximate surface area is 213 Å². The standard InChI is InChI=1S/C26H15Cl2N5OS/c27-19-11-9-16(10-12-19)23-18(15-32(30-23)21-7-2-1-3-8-21)14-22-25(34)33-26(35-22)29-24(31-33)17-5-4-6-20(28)13-17/h1-15H/b22-14-. The van der Waals surface area contributed by atoms with Crippen molar-refractivity contribution in [2.45, 2.75) is 0 Å². The van der Waals surface area contributed by atoms with Crippen LogP contribution in [0.3, 0.4) is 0 Å². The number of para-hydroxylation sites is 1. The van der Waals surface area contributed by atoms with Crippen LogP contribution in [0.4, 0.5) is 0 Å². The predicted molar refractivity (Wildman–Crippen MR) is 140 cm³/mol. The van der Waals surface area contributed by atoms with E-state index in [-0.39, 0.29) is 5.56 Å². The van der Waals surface area contributed by atoms with E-state index < -0.39 is 0 Å². The highest BCUT2D eigenvalue weighted by Gasteiger charge is 2.15. The van der Waals surface area contributed by atoms with Crippen molar-refractivity contribution in [3.8, 4) is 28.3 Å². The average molecular weight is 516 g/mol. The van der Waals surface area contributed by atoms with E-state index in [9.17, 15) is 4.79 Å². The van der Waals surface area contributed by atoms with Crippen molar-refractivity contribution in [3.63, 3.8) is 0 Å². The Hall–Kier alpha value is -3.78. The minimum absolute atomic E-state index is 0.236. The van der Waals surface area contributed by atoms with Gasteiger partial charge in [0.1, 0.15) is 5.69 Å². The zero-order valence-corrected chi connectivity index (χ0v) is 20.3. The van der Waals surface area contributed by atoms with Crippen LogP contribution in [-0.2, 0) is 0 Å². The topological polar surface area (TPSA) is 65.1 Å². The number of hydrogen-bond acceptors (Lipinski definition) is 5. The Bertz CT molecular complexity index is 1790. The second kappa shape index (κ2) is 8.78. The number of thiazole rings is 1. The van der Waals surface area contributed by atoms with Gasteiger partial charge in [-0.25, -0.2) is 4.68 Å². The summed E-state index contributed by atoms with van der Waals surface area (Å²) >= 11 is 13.5. The van der Waals surface area contributed by atoms with Crippen LogP contribution >= 0.6 is 34.5 Å². The monoisotopic (exact) mass is 515 g/mol. The van der Waals surface area contributed by atoms with E-state index in [2.05, 4.69) is 10.1 Å². The first kappa shape index (κ1) is 21.7. The average Bonchev–Trinajstić information content (AvgIpc) is 3.56. The number of benzene rings is 3. The molecule has 0 atom stereocenters. The van der Waals surface area contributed by atoms with Crippen LogP contribution in [0.25, 0.3) is 39.4 Å². The summed E-state index contributed by atoms with van der Waals surface area (Å²) in [5.41, 5.74) is 3.87. The van der Waals surface area contributed by atoms with Crippen molar-refractivity contribution < 1.29 is 0 Å². The highest BCUT2D eigenvalue weighted by Crippen LogP contribution is 2.26. The van der Waals surface area contributed by atoms with E-state index in [0.717, 1.165) is 28.1 Å². The van der Waals surface area contributed by atoms with Gasteiger partial charge in [0.25, 0.3) is 5.56 Å². The summed E-state index contributed by atoms with van der Waals surface area (Å²) in [4.78, 5) is 18.2. The lowest BCUT2D eigenvalue weighted by Gasteiger charge is -2.00. The molecule has 0 spiro atoms. The van der Waals surface area contributed by atoms with Crippen molar-refractivity contribution >= 4 is 45.6 Å². The normalized spacial score (nSPS) is 12.0. The summed E-state index contributed by atoms with van der Waals surface area (Å²) in [6.07, 6.45) is 3.74. The van der Waals surface area contributed by atoms with E-state index >= 15 is 0 Å². The molecule has 3 aromatic carbocycles. The van der Waals surface area contributed by atoms with Gasteiger partial charge in [-0.2, -0.15) is 14.6 Å². The largest absolute Gasteiger partial charge is 0.291 e. The van der Waals surface area contributed by atoms with Crippen molar-refractivity contribution in [1.29, 1.82) is 0 Å². The van der Waals surface area contributed by atoms with Gasteiger partial charge < -0.3 is 0 Å². The molecular weight excluding hydrogens is 501 g/mol.